The molecule has 0 radical (unpaired) electrons. The lowest BCUT2D eigenvalue weighted by atomic mass is 9.94. The molecule has 3 unspecified atom stereocenters. The molecule has 2 saturated heterocycles. The van der Waals surface area contributed by atoms with Crippen LogP contribution in [0.1, 0.15) is 27.2 Å². The van der Waals surface area contributed by atoms with E-state index < -0.39 is 7.44 Å². The summed E-state index contributed by atoms with van der Waals surface area (Å²) >= 11 is 0. The average molecular weight is 572 g/mol. The summed E-state index contributed by atoms with van der Waals surface area (Å²) in [5.74, 6) is 0.885. The molecular weight excluding hydrogens is 528 g/mol. The third kappa shape index (κ3) is 9.24. The second-order valence-corrected chi connectivity index (χ2v) is 16.2. The number of morpholine rings is 1. The van der Waals surface area contributed by atoms with Crippen molar-refractivity contribution in [3.63, 3.8) is 0 Å². The number of aromatic nitrogens is 1. The fourth-order valence-corrected chi connectivity index (χ4v) is 8.39. The first kappa shape index (κ1) is 30.9. The lowest BCUT2D eigenvalue weighted by Gasteiger charge is -2.44. The van der Waals surface area contributed by atoms with Crippen LogP contribution in [-0.4, -0.2) is 128 Å². The zero-order valence-electron chi connectivity index (χ0n) is 23.2. The van der Waals surface area contributed by atoms with Crippen molar-refractivity contribution in [2.45, 2.75) is 49.9 Å². The van der Waals surface area contributed by atoms with Crippen LogP contribution >= 0.6 is 29.0 Å². The van der Waals surface area contributed by atoms with Gasteiger partial charge in [-0.1, -0.05) is 16.9 Å². The predicted octanol–water partition coefficient (Wildman–Crippen LogP) is 2.54. The number of nitrogens with zero attached hydrogens (tertiary/aromatic N) is 5. The van der Waals surface area contributed by atoms with E-state index in [1.807, 2.05) is 41.9 Å². The number of amides is 1. The van der Waals surface area contributed by atoms with Crippen molar-refractivity contribution in [2.75, 3.05) is 72.1 Å². The Hall–Kier alpha value is -0.585. The molecule has 3 atom stereocenters. The van der Waals surface area contributed by atoms with Crippen molar-refractivity contribution in [3.05, 3.63) is 24.4 Å². The molecule has 3 heterocycles. The van der Waals surface area contributed by atoms with Crippen molar-refractivity contribution in [1.29, 1.82) is 0 Å². The quantitative estimate of drug-likeness (QED) is 0.171. The van der Waals surface area contributed by atoms with Gasteiger partial charge >= 0.3 is 0 Å². The van der Waals surface area contributed by atoms with Gasteiger partial charge < -0.3 is 14.4 Å². The molecule has 1 amide bonds. The van der Waals surface area contributed by atoms with Crippen LogP contribution < -0.4 is 0 Å². The van der Waals surface area contributed by atoms with E-state index in [1.54, 1.807) is 32.5 Å². The molecule has 9 nitrogen and oxygen atoms in total. The third-order valence-electron chi connectivity index (χ3n) is 6.70. The van der Waals surface area contributed by atoms with Gasteiger partial charge in [0.1, 0.15) is 19.2 Å². The van der Waals surface area contributed by atoms with Gasteiger partial charge in [0, 0.05) is 69.2 Å². The Kier molecular flexibility index (Phi) is 11.8. The lowest BCUT2D eigenvalue weighted by Crippen LogP contribution is -2.56. The maximum Gasteiger partial charge on any atom is 0.241 e. The molecular formula is C24H43BN5O4PS2. The molecule has 208 valence electrons. The minimum Gasteiger partial charge on any atom is -0.379 e. The molecule has 0 bridgehead atoms. The Morgan fingerprint density at radius 1 is 1.24 bits per heavy atom. The van der Waals surface area contributed by atoms with E-state index in [0.717, 1.165) is 23.9 Å². The third-order valence-corrected chi connectivity index (χ3v) is 12.0. The van der Waals surface area contributed by atoms with Gasteiger partial charge in [0.2, 0.25) is 13.4 Å². The maximum absolute atomic E-state index is 14.0. The van der Waals surface area contributed by atoms with Crippen LogP contribution in [0.3, 0.4) is 0 Å². The first-order valence-electron chi connectivity index (χ1n) is 13.0. The van der Waals surface area contributed by atoms with Gasteiger partial charge in [0.25, 0.3) is 0 Å². The first-order chi connectivity index (χ1) is 17.5. The fraction of sp³-hybridized carbons (Fsp3) is 0.750. The molecule has 13 heteroatoms. The fourth-order valence-electron chi connectivity index (χ4n) is 4.48. The number of piperazine rings is 1. The summed E-state index contributed by atoms with van der Waals surface area (Å²) in [4.78, 5) is 21.3. The molecule has 0 aliphatic carbocycles. The summed E-state index contributed by atoms with van der Waals surface area (Å²) < 4.78 is 29.9. The molecule has 0 aromatic carbocycles. The number of carbonyl (C=O) groups is 1. The second-order valence-electron chi connectivity index (χ2n) is 10.8. The topological polar surface area (TPSA) is 78.5 Å². The summed E-state index contributed by atoms with van der Waals surface area (Å²) in [6, 6.07) is 5.96. The molecule has 0 N–H and O–H groups in total. The van der Waals surface area contributed by atoms with Crippen molar-refractivity contribution in [3.8, 4) is 0 Å². The lowest BCUT2D eigenvalue weighted by molar-refractivity contribution is -0.131. The zero-order valence-corrected chi connectivity index (χ0v) is 25.7. The summed E-state index contributed by atoms with van der Waals surface area (Å²) in [6.07, 6.45) is 2.38. The zero-order chi connectivity index (χ0) is 27.1. The monoisotopic (exact) mass is 571 g/mol. The Bertz CT molecular complexity index is 903. The molecule has 2 aliphatic heterocycles. The first-order valence-corrected chi connectivity index (χ1v) is 17.1. The molecule has 37 heavy (non-hydrogen) atoms. The van der Waals surface area contributed by atoms with Crippen LogP contribution in [0, 0.1) is 0 Å². The van der Waals surface area contributed by atoms with Crippen molar-refractivity contribution < 1.29 is 18.8 Å². The summed E-state index contributed by atoms with van der Waals surface area (Å²) in [5.41, 5.74) is 0.0724. The van der Waals surface area contributed by atoms with Crippen LogP contribution in [0.2, 0.25) is 0 Å². The van der Waals surface area contributed by atoms with Crippen LogP contribution in [0.25, 0.3) is 0 Å². The smallest absolute Gasteiger partial charge is 0.241 e. The number of hydrogen-bond acceptors (Lipinski definition) is 8. The molecule has 2 aliphatic rings. The Labute approximate surface area is 231 Å². The number of rotatable bonds is 11. The van der Waals surface area contributed by atoms with E-state index in [2.05, 4.69) is 38.5 Å². The van der Waals surface area contributed by atoms with E-state index in [1.165, 1.54) is 0 Å². The van der Waals surface area contributed by atoms with E-state index in [0.29, 0.717) is 39.2 Å². The highest BCUT2D eigenvalue weighted by molar-refractivity contribution is 8.76. The summed E-state index contributed by atoms with van der Waals surface area (Å²) in [6.45, 7) is 11.1. The minimum absolute atomic E-state index is 0.0400. The van der Waals surface area contributed by atoms with Crippen molar-refractivity contribution >= 4 is 42.8 Å². The van der Waals surface area contributed by atoms with E-state index in [-0.39, 0.29) is 29.9 Å². The normalized spacial score (nSPS) is 23.8. The highest BCUT2D eigenvalue weighted by Gasteiger charge is 2.37. The predicted molar refractivity (Wildman–Crippen MR) is 156 cm³/mol. The average Bonchev–Trinajstić information content (AvgIpc) is 2.86. The van der Waals surface area contributed by atoms with Gasteiger partial charge in [0.15, 0.2) is 0 Å². The minimum atomic E-state index is -2.89. The number of carbonyl (C=O) groups excluding carboxylic acids is 1. The van der Waals surface area contributed by atoms with Gasteiger partial charge in [-0.05, 0) is 57.8 Å². The van der Waals surface area contributed by atoms with E-state index >= 15 is 0 Å². The highest BCUT2D eigenvalue weighted by Crippen LogP contribution is 2.51. The number of ether oxygens (including phenoxy) is 2. The Morgan fingerprint density at radius 3 is 2.59 bits per heavy atom. The molecule has 2 fully saturated rings. The van der Waals surface area contributed by atoms with Crippen LogP contribution in [-0.2, 0) is 18.8 Å². The van der Waals surface area contributed by atoms with Gasteiger partial charge in [-0.25, -0.2) is 14.3 Å². The van der Waals surface area contributed by atoms with Gasteiger partial charge in [-0.2, -0.15) is 0 Å². The summed E-state index contributed by atoms with van der Waals surface area (Å²) in [7, 11) is 6.13. The second kappa shape index (κ2) is 14.2. The summed E-state index contributed by atoms with van der Waals surface area (Å²) in [5, 5.41) is 0.950. The van der Waals surface area contributed by atoms with E-state index in [9.17, 15) is 9.36 Å². The molecule has 3 rings (SSSR count). The maximum atomic E-state index is 14.0. The SMILES string of the molecule is BC1CN(C(C)(C)C)CC(COCP(=O)(N(C)C)N2CCN(C(=O)CCSSc3ccccn3)CC2)O1. The highest BCUT2D eigenvalue weighted by atomic mass is 33.1. The van der Waals surface area contributed by atoms with Crippen LogP contribution in [0.5, 0.6) is 0 Å². The molecule has 0 spiro atoms. The van der Waals surface area contributed by atoms with Crippen LogP contribution in [0.4, 0.5) is 0 Å². The largest absolute Gasteiger partial charge is 0.379 e. The van der Waals surface area contributed by atoms with Gasteiger partial charge in [0.05, 0.1) is 12.7 Å². The molecule has 0 saturated carbocycles. The van der Waals surface area contributed by atoms with Gasteiger partial charge in [-0.15, -0.1) is 0 Å². The van der Waals surface area contributed by atoms with Crippen molar-refractivity contribution in [2.24, 2.45) is 0 Å². The van der Waals surface area contributed by atoms with Crippen molar-refractivity contribution in [1.82, 2.24) is 24.1 Å². The molecule has 1 aromatic heterocycles. The van der Waals surface area contributed by atoms with Crippen LogP contribution in [0.15, 0.2) is 29.4 Å². The van der Waals surface area contributed by atoms with E-state index in [4.69, 9.17) is 9.47 Å². The molecule has 1 aromatic rings. The van der Waals surface area contributed by atoms with Gasteiger partial charge in [-0.3, -0.25) is 14.3 Å². The number of hydrogen-bond donors (Lipinski definition) is 0. The Morgan fingerprint density at radius 2 is 1.97 bits per heavy atom. The standard InChI is InChI=1S/C24H43BN5O4PS2/c1-24(2,3)29-16-20(34-21(25)17-29)18-33-19-35(32,27(4)5)30-13-11-28(12-14-30)23(31)9-15-36-37-22-8-6-7-10-26-22/h6-8,10,20-21H,9,11-19,25H2,1-5H3. The Balaban J connectivity index is 1.42. The number of pyridine rings is 1.